The van der Waals surface area contributed by atoms with Crippen LogP contribution in [-0.2, 0) is 6.42 Å². The zero-order valence-corrected chi connectivity index (χ0v) is 11.6. The molecule has 10 nitrogen and oxygen atoms in total. The summed E-state index contributed by atoms with van der Waals surface area (Å²) >= 11 is 0. The molecule has 2 rings (SSSR count). The zero-order valence-electron chi connectivity index (χ0n) is 11.6. The first-order valence-electron chi connectivity index (χ1n) is 6.25. The van der Waals surface area contributed by atoms with Crippen LogP contribution in [0.15, 0.2) is 16.8 Å². The van der Waals surface area contributed by atoms with Crippen LogP contribution in [0.5, 0.6) is 11.5 Å². The highest BCUT2D eigenvalue weighted by Crippen LogP contribution is 2.44. The smallest absolute Gasteiger partial charge is 0.337 e. The van der Waals surface area contributed by atoms with E-state index in [-0.39, 0.29) is 12.0 Å². The molecule has 0 radical (unpaired) electrons. The minimum Gasteiger partial charge on any atom is -0.504 e. The number of hydrogen-bond acceptors (Lipinski definition) is 8. The van der Waals surface area contributed by atoms with Gasteiger partial charge in [0, 0.05) is 11.6 Å². The van der Waals surface area contributed by atoms with Crippen molar-refractivity contribution in [2.75, 3.05) is 0 Å². The molecule has 0 atom stereocenters. The van der Waals surface area contributed by atoms with E-state index in [0.717, 1.165) is 12.3 Å². The number of aromatic hydroxyl groups is 2. The van der Waals surface area contributed by atoms with Crippen LogP contribution in [-0.4, -0.2) is 37.2 Å². The second kappa shape index (κ2) is 5.75. The first-order valence-corrected chi connectivity index (χ1v) is 6.25. The number of carboxylic acid groups (broad SMARTS) is 1. The first-order chi connectivity index (χ1) is 10.8. The molecule has 0 unspecified atom stereocenters. The summed E-state index contributed by atoms with van der Waals surface area (Å²) in [5, 5.41) is 43.5. The maximum Gasteiger partial charge on any atom is 0.337 e. The topological polar surface area (TPSA) is 164 Å². The number of rotatable bonds is 5. The lowest BCUT2D eigenvalue weighted by Gasteiger charge is -2.13. The first kappa shape index (κ1) is 15.9. The molecule has 0 fully saturated rings. The van der Waals surface area contributed by atoms with Crippen LogP contribution in [0.4, 0.5) is 5.69 Å². The number of benzene rings is 1. The van der Waals surface area contributed by atoms with Crippen LogP contribution >= 0.6 is 0 Å². The summed E-state index contributed by atoms with van der Waals surface area (Å²) in [4.78, 5) is 33.9. The van der Waals surface area contributed by atoms with Crippen LogP contribution in [0.1, 0.15) is 39.0 Å². The Bertz CT molecular complexity index is 810. The van der Waals surface area contributed by atoms with Gasteiger partial charge in [0.2, 0.25) is 17.3 Å². The molecule has 0 aliphatic rings. The molecule has 0 amide bonds. The molecule has 1 heterocycles. The third-order valence-electron chi connectivity index (χ3n) is 3.16. The summed E-state index contributed by atoms with van der Waals surface area (Å²) in [5.74, 6) is -5.38. The highest BCUT2D eigenvalue weighted by Gasteiger charge is 2.38. The lowest BCUT2D eigenvalue weighted by molar-refractivity contribution is -0.386. The quantitative estimate of drug-likeness (QED) is 0.320. The van der Waals surface area contributed by atoms with Crippen LogP contribution in [0, 0.1) is 10.1 Å². The van der Waals surface area contributed by atoms with E-state index in [1.807, 2.05) is 0 Å². The van der Waals surface area contributed by atoms with Crippen molar-refractivity contribution < 1.29 is 34.4 Å². The van der Waals surface area contributed by atoms with Gasteiger partial charge in [-0.1, -0.05) is 12.1 Å². The largest absolute Gasteiger partial charge is 0.504 e. The van der Waals surface area contributed by atoms with Crippen LogP contribution < -0.4 is 0 Å². The van der Waals surface area contributed by atoms with Gasteiger partial charge in [0.1, 0.15) is 5.56 Å². The molecule has 10 heteroatoms. The minimum absolute atomic E-state index is 0.0876. The fraction of sp³-hybridized carbons (Fsp3) is 0.154. The van der Waals surface area contributed by atoms with Crippen molar-refractivity contribution in [3.8, 4) is 11.5 Å². The van der Waals surface area contributed by atoms with Crippen molar-refractivity contribution in [3.05, 3.63) is 44.8 Å². The fourth-order valence-corrected chi connectivity index (χ4v) is 2.20. The Labute approximate surface area is 127 Å². The van der Waals surface area contributed by atoms with Gasteiger partial charge in [0.15, 0.2) is 5.75 Å². The summed E-state index contributed by atoms with van der Waals surface area (Å²) in [6.07, 6.45) is 1.01. The monoisotopic (exact) mass is 322 g/mol. The molecule has 1 aromatic carbocycles. The van der Waals surface area contributed by atoms with Crippen molar-refractivity contribution in [1.29, 1.82) is 0 Å². The number of phenols is 2. The highest BCUT2D eigenvalue weighted by molar-refractivity contribution is 6.17. The average molecular weight is 322 g/mol. The van der Waals surface area contributed by atoms with Crippen LogP contribution in [0.3, 0.4) is 0 Å². The predicted molar refractivity (Wildman–Crippen MR) is 72.7 cm³/mol. The standard InChI is InChI=1S/C13H10N2O8/c1-2-5-7(13(19)20)8(11(17)6-3-4-14-23-6)9(15(21)22)12(18)10(5)16/h3-4,16,18H,2H2,1H3,(H,19,20). The molecule has 0 aliphatic carbocycles. The maximum atomic E-state index is 12.4. The van der Waals surface area contributed by atoms with E-state index in [1.54, 1.807) is 0 Å². The number of ketones is 1. The van der Waals surface area contributed by atoms with Gasteiger partial charge < -0.3 is 19.8 Å². The summed E-state index contributed by atoms with van der Waals surface area (Å²) < 4.78 is 4.60. The number of hydrogen-bond donors (Lipinski definition) is 3. The van der Waals surface area contributed by atoms with E-state index < -0.39 is 50.7 Å². The number of nitro benzene ring substituents is 1. The third-order valence-corrected chi connectivity index (χ3v) is 3.16. The lowest BCUT2D eigenvalue weighted by Crippen LogP contribution is -2.15. The summed E-state index contributed by atoms with van der Waals surface area (Å²) in [5.41, 5.74) is -3.16. The Morgan fingerprint density at radius 2 is 1.96 bits per heavy atom. The predicted octanol–water partition coefficient (Wildman–Crippen LogP) is 1.49. The molecule has 23 heavy (non-hydrogen) atoms. The molecule has 120 valence electrons. The summed E-state index contributed by atoms with van der Waals surface area (Å²) in [7, 11) is 0. The van der Waals surface area contributed by atoms with Gasteiger partial charge in [-0.15, -0.1) is 0 Å². The van der Waals surface area contributed by atoms with E-state index in [1.165, 1.54) is 6.92 Å². The summed E-state index contributed by atoms with van der Waals surface area (Å²) in [6.45, 7) is 1.45. The molecule has 0 aliphatic heterocycles. The van der Waals surface area contributed by atoms with E-state index >= 15 is 0 Å². The second-order valence-electron chi connectivity index (χ2n) is 4.40. The SMILES string of the molecule is CCc1c(O)c(O)c([N+](=O)[O-])c(C(=O)c2ccno2)c1C(=O)O. The number of carboxylic acids is 1. The Balaban J connectivity index is 2.96. The van der Waals surface area contributed by atoms with Gasteiger partial charge in [0.25, 0.3) is 0 Å². The Hall–Kier alpha value is -3.43. The van der Waals surface area contributed by atoms with E-state index in [4.69, 9.17) is 0 Å². The number of aromatic carboxylic acids is 1. The van der Waals surface area contributed by atoms with E-state index in [0.29, 0.717) is 0 Å². The average Bonchev–Trinajstić information content (AvgIpc) is 3.01. The van der Waals surface area contributed by atoms with Gasteiger partial charge in [-0.3, -0.25) is 14.9 Å². The van der Waals surface area contributed by atoms with E-state index in [2.05, 4.69) is 9.68 Å². The minimum atomic E-state index is -1.66. The molecule has 0 spiro atoms. The fourth-order valence-electron chi connectivity index (χ4n) is 2.20. The number of nitro groups is 1. The molecular formula is C13H10N2O8. The summed E-state index contributed by atoms with van der Waals surface area (Å²) in [6, 6.07) is 1.09. The number of carbonyl (C=O) groups excluding carboxylic acids is 1. The Morgan fingerprint density at radius 3 is 2.39 bits per heavy atom. The Morgan fingerprint density at radius 1 is 1.30 bits per heavy atom. The lowest BCUT2D eigenvalue weighted by atomic mass is 9.92. The zero-order chi connectivity index (χ0) is 17.3. The molecular weight excluding hydrogens is 312 g/mol. The van der Waals surface area contributed by atoms with Gasteiger partial charge >= 0.3 is 11.7 Å². The molecule has 1 aromatic heterocycles. The molecule has 0 saturated carbocycles. The van der Waals surface area contributed by atoms with Crippen molar-refractivity contribution in [2.45, 2.75) is 13.3 Å². The van der Waals surface area contributed by atoms with Crippen molar-refractivity contribution in [2.24, 2.45) is 0 Å². The van der Waals surface area contributed by atoms with E-state index in [9.17, 15) is 35.0 Å². The van der Waals surface area contributed by atoms with Crippen molar-refractivity contribution in [3.63, 3.8) is 0 Å². The Kier molecular flexibility index (Phi) is 3.99. The van der Waals surface area contributed by atoms with Crippen molar-refractivity contribution in [1.82, 2.24) is 5.16 Å². The van der Waals surface area contributed by atoms with Crippen LogP contribution in [0.25, 0.3) is 0 Å². The second-order valence-corrected chi connectivity index (χ2v) is 4.40. The molecule has 2 aromatic rings. The van der Waals surface area contributed by atoms with Crippen LogP contribution in [0.2, 0.25) is 0 Å². The molecule has 3 N–H and O–H groups in total. The van der Waals surface area contributed by atoms with Gasteiger partial charge in [-0.25, -0.2) is 4.79 Å². The molecule has 0 bridgehead atoms. The number of carbonyl (C=O) groups is 2. The highest BCUT2D eigenvalue weighted by atomic mass is 16.6. The number of phenolic OH excluding ortho intramolecular Hbond substituents is 2. The van der Waals surface area contributed by atoms with Gasteiger partial charge in [-0.2, -0.15) is 0 Å². The van der Waals surface area contributed by atoms with Crippen molar-refractivity contribution >= 4 is 17.4 Å². The van der Waals surface area contributed by atoms with Gasteiger partial charge in [0.05, 0.1) is 16.7 Å². The third kappa shape index (κ3) is 2.46. The number of nitrogens with zero attached hydrogens (tertiary/aromatic N) is 2. The normalized spacial score (nSPS) is 10.5. The van der Waals surface area contributed by atoms with Gasteiger partial charge in [-0.05, 0) is 6.42 Å². The maximum absolute atomic E-state index is 12.4. The number of aromatic nitrogens is 1. The molecule has 0 saturated heterocycles.